The molecule has 0 rings (SSSR count). The maximum atomic E-state index is 8.01. The zero-order chi connectivity index (χ0) is 4.99. The van der Waals surface area contributed by atoms with Crippen molar-refractivity contribution < 1.29 is 10.2 Å². The van der Waals surface area contributed by atoms with Crippen LogP contribution in [0.15, 0.2) is 0 Å². The molecule has 0 saturated heterocycles. The van der Waals surface area contributed by atoms with E-state index in [4.69, 9.17) is 10.2 Å². The molecule has 37 valence electrons. The van der Waals surface area contributed by atoms with E-state index in [9.17, 15) is 0 Å². The minimum atomic E-state index is -1.28. The lowest BCUT2D eigenvalue weighted by molar-refractivity contribution is -0.0351. The van der Waals surface area contributed by atoms with Gasteiger partial charge in [-0.25, -0.2) is 0 Å². The topological polar surface area (TPSA) is 52.5 Å². The van der Waals surface area contributed by atoms with Crippen LogP contribution >= 0.6 is 0 Å². The highest BCUT2D eigenvalue weighted by atomic mass is 16.5. The van der Waals surface area contributed by atoms with E-state index in [0.29, 0.717) is 0 Å². The van der Waals surface area contributed by atoms with Gasteiger partial charge in [-0.05, 0) is 0 Å². The standard InChI is InChI=1S/C3H8NO2/c1-4-2-3(5)6/h3-6H,1-2H2. The molecule has 0 atom stereocenters. The second kappa shape index (κ2) is 3.08. The first-order valence-corrected chi connectivity index (χ1v) is 1.63. The van der Waals surface area contributed by atoms with Gasteiger partial charge in [0.2, 0.25) is 0 Å². The van der Waals surface area contributed by atoms with E-state index in [0.717, 1.165) is 0 Å². The number of rotatable bonds is 2. The van der Waals surface area contributed by atoms with Crippen LogP contribution in [-0.2, 0) is 0 Å². The Morgan fingerprint density at radius 3 is 2.17 bits per heavy atom. The Labute approximate surface area is 36.6 Å². The third-order valence-electron chi connectivity index (χ3n) is 0.327. The fraction of sp³-hybridized carbons (Fsp3) is 0.667. The molecular formula is C3H8NO2. The van der Waals surface area contributed by atoms with Crippen LogP contribution in [0.3, 0.4) is 0 Å². The van der Waals surface area contributed by atoms with Crippen LogP contribution in [0, 0.1) is 7.05 Å². The van der Waals surface area contributed by atoms with E-state index in [1.807, 2.05) is 0 Å². The SMILES string of the molecule is [CH2]NCC(O)O. The summed E-state index contributed by atoms with van der Waals surface area (Å²) in [7, 11) is 3.16. The van der Waals surface area contributed by atoms with Crippen LogP contribution in [0.5, 0.6) is 0 Å². The van der Waals surface area contributed by atoms with Crippen LogP contribution in [-0.4, -0.2) is 23.0 Å². The Balaban J connectivity index is 2.63. The first-order valence-electron chi connectivity index (χ1n) is 1.63. The van der Waals surface area contributed by atoms with Crippen LogP contribution in [0.2, 0.25) is 0 Å². The lowest BCUT2D eigenvalue weighted by Crippen LogP contribution is -2.20. The third kappa shape index (κ3) is 3.88. The average Bonchev–Trinajstić information content (AvgIpc) is 1.35. The number of aliphatic hydroxyl groups is 2. The maximum Gasteiger partial charge on any atom is 0.164 e. The van der Waals surface area contributed by atoms with E-state index in [1.165, 1.54) is 0 Å². The van der Waals surface area contributed by atoms with Crippen molar-refractivity contribution in [3.63, 3.8) is 0 Å². The molecule has 0 aromatic heterocycles. The highest BCUT2D eigenvalue weighted by Gasteiger charge is 1.88. The van der Waals surface area contributed by atoms with Crippen molar-refractivity contribution in [2.75, 3.05) is 6.54 Å². The van der Waals surface area contributed by atoms with Gasteiger partial charge < -0.3 is 15.5 Å². The lowest BCUT2D eigenvalue weighted by atomic mass is 10.6. The van der Waals surface area contributed by atoms with E-state index in [-0.39, 0.29) is 6.54 Å². The lowest BCUT2D eigenvalue weighted by Gasteiger charge is -1.96. The minimum absolute atomic E-state index is 0.125. The molecule has 0 heterocycles. The van der Waals surface area contributed by atoms with Crippen LogP contribution in [0.25, 0.3) is 0 Å². The van der Waals surface area contributed by atoms with Crippen molar-refractivity contribution in [3.8, 4) is 0 Å². The third-order valence-corrected chi connectivity index (χ3v) is 0.327. The predicted octanol–water partition coefficient (Wildman–Crippen LogP) is -1.32. The average molecular weight is 90.1 g/mol. The monoisotopic (exact) mass is 90.1 g/mol. The molecule has 0 bridgehead atoms. The van der Waals surface area contributed by atoms with E-state index in [2.05, 4.69) is 12.4 Å². The Kier molecular flexibility index (Phi) is 3.02. The second-order valence-electron chi connectivity index (χ2n) is 0.935. The van der Waals surface area contributed by atoms with Crippen molar-refractivity contribution in [1.29, 1.82) is 0 Å². The van der Waals surface area contributed by atoms with E-state index < -0.39 is 6.29 Å². The van der Waals surface area contributed by atoms with Crippen molar-refractivity contribution >= 4 is 0 Å². The number of hydrogen-bond acceptors (Lipinski definition) is 3. The summed E-state index contributed by atoms with van der Waals surface area (Å²) in [6.07, 6.45) is -1.28. The Hall–Kier alpha value is -0.120. The van der Waals surface area contributed by atoms with Gasteiger partial charge in [0, 0.05) is 13.6 Å². The van der Waals surface area contributed by atoms with Gasteiger partial charge in [-0.15, -0.1) is 0 Å². The summed E-state index contributed by atoms with van der Waals surface area (Å²) in [6, 6.07) is 0. The van der Waals surface area contributed by atoms with Gasteiger partial charge in [-0.2, -0.15) is 0 Å². The largest absolute Gasteiger partial charge is 0.367 e. The molecule has 3 heteroatoms. The van der Waals surface area contributed by atoms with Crippen LogP contribution in [0.4, 0.5) is 0 Å². The maximum absolute atomic E-state index is 8.01. The molecule has 0 unspecified atom stereocenters. The highest BCUT2D eigenvalue weighted by molar-refractivity contribution is 4.40. The van der Waals surface area contributed by atoms with Gasteiger partial charge in [0.15, 0.2) is 6.29 Å². The summed E-state index contributed by atoms with van der Waals surface area (Å²) in [5.74, 6) is 0. The van der Waals surface area contributed by atoms with Crippen molar-refractivity contribution in [2.45, 2.75) is 6.29 Å². The Morgan fingerprint density at radius 2 is 2.17 bits per heavy atom. The first-order chi connectivity index (χ1) is 2.77. The highest BCUT2D eigenvalue weighted by Crippen LogP contribution is 1.64. The molecule has 3 N–H and O–H groups in total. The molecule has 0 aliphatic carbocycles. The van der Waals surface area contributed by atoms with Gasteiger partial charge in [0.05, 0.1) is 0 Å². The summed E-state index contributed by atoms with van der Waals surface area (Å²) in [6.45, 7) is 0.125. The van der Waals surface area contributed by atoms with E-state index >= 15 is 0 Å². The van der Waals surface area contributed by atoms with Gasteiger partial charge in [0.25, 0.3) is 0 Å². The fourth-order valence-corrected chi connectivity index (χ4v) is 0.129. The molecule has 3 nitrogen and oxygen atoms in total. The van der Waals surface area contributed by atoms with Gasteiger partial charge >= 0.3 is 0 Å². The van der Waals surface area contributed by atoms with Crippen LogP contribution in [0.1, 0.15) is 0 Å². The first kappa shape index (κ1) is 5.88. The summed E-state index contributed by atoms with van der Waals surface area (Å²) in [5, 5.41) is 18.3. The summed E-state index contributed by atoms with van der Waals surface area (Å²) in [5.41, 5.74) is 0. The molecule has 0 fully saturated rings. The molecule has 0 aromatic carbocycles. The van der Waals surface area contributed by atoms with Gasteiger partial charge in [-0.3, -0.25) is 0 Å². The summed E-state index contributed by atoms with van der Waals surface area (Å²) in [4.78, 5) is 0. The van der Waals surface area contributed by atoms with Gasteiger partial charge in [0.1, 0.15) is 0 Å². The van der Waals surface area contributed by atoms with Crippen LogP contribution < -0.4 is 5.32 Å². The molecule has 0 saturated carbocycles. The summed E-state index contributed by atoms with van der Waals surface area (Å²) >= 11 is 0. The smallest absolute Gasteiger partial charge is 0.164 e. The van der Waals surface area contributed by atoms with E-state index in [1.54, 1.807) is 0 Å². The quantitative estimate of drug-likeness (QED) is 0.368. The Morgan fingerprint density at radius 1 is 1.67 bits per heavy atom. The Bertz CT molecular complexity index is 30.0. The van der Waals surface area contributed by atoms with Gasteiger partial charge in [-0.1, -0.05) is 0 Å². The molecule has 0 aliphatic heterocycles. The molecular weight excluding hydrogens is 82.0 g/mol. The van der Waals surface area contributed by atoms with Crippen molar-refractivity contribution in [1.82, 2.24) is 5.32 Å². The zero-order valence-corrected chi connectivity index (χ0v) is 3.39. The molecule has 0 aliphatic rings. The number of nitrogens with one attached hydrogen (secondary N) is 1. The normalized spacial score (nSPS) is 10.0. The number of hydrogen-bond donors (Lipinski definition) is 3. The molecule has 6 heavy (non-hydrogen) atoms. The molecule has 0 aromatic rings. The molecule has 0 spiro atoms. The zero-order valence-electron chi connectivity index (χ0n) is 3.39. The second-order valence-corrected chi connectivity index (χ2v) is 0.935. The summed E-state index contributed by atoms with van der Waals surface area (Å²) < 4.78 is 0. The fourth-order valence-electron chi connectivity index (χ4n) is 0.129. The molecule has 0 amide bonds. The minimum Gasteiger partial charge on any atom is -0.367 e. The predicted molar refractivity (Wildman–Crippen MR) is 21.6 cm³/mol. The molecule has 1 radical (unpaired) electrons. The van der Waals surface area contributed by atoms with Crippen molar-refractivity contribution in [2.24, 2.45) is 0 Å². The van der Waals surface area contributed by atoms with Crippen molar-refractivity contribution in [3.05, 3.63) is 7.05 Å². The number of aliphatic hydroxyl groups excluding tert-OH is 1.